The van der Waals surface area contributed by atoms with Crippen molar-refractivity contribution in [3.05, 3.63) is 53.1 Å². The Labute approximate surface area is 183 Å². The Morgan fingerprint density at radius 2 is 1.71 bits per heavy atom. The smallest absolute Gasteiger partial charge is 0.241 e. The van der Waals surface area contributed by atoms with E-state index < -0.39 is 0 Å². The van der Waals surface area contributed by atoms with Crippen molar-refractivity contribution in [2.75, 3.05) is 31.6 Å². The van der Waals surface area contributed by atoms with E-state index >= 15 is 0 Å². The van der Waals surface area contributed by atoms with Gasteiger partial charge in [-0.05, 0) is 82.1 Å². The van der Waals surface area contributed by atoms with Crippen LogP contribution in [0.4, 0.5) is 5.69 Å². The fraction of sp³-hybridized carbons (Fsp3) is 0.440. The lowest BCUT2D eigenvalue weighted by atomic mass is 9.88. The zero-order valence-corrected chi connectivity index (χ0v) is 18.4. The molecule has 1 amide bonds. The summed E-state index contributed by atoms with van der Waals surface area (Å²) in [7, 11) is 0. The summed E-state index contributed by atoms with van der Waals surface area (Å²) in [6, 6.07) is 11.2. The topological polar surface area (TPSA) is 67.9 Å². The van der Waals surface area contributed by atoms with E-state index in [0.29, 0.717) is 30.3 Å². The second-order valence-electron chi connectivity index (χ2n) is 8.52. The van der Waals surface area contributed by atoms with Gasteiger partial charge in [0, 0.05) is 17.2 Å². The third-order valence-corrected chi connectivity index (χ3v) is 6.31. The van der Waals surface area contributed by atoms with E-state index in [1.807, 2.05) is 51.1 Å². The largest absolute Gasteiger partial charge is 0.486 e. The molecule has 0 aliphatic carbocycles. The molecule has 164 valence electrons. The van der Waals surface area contributed by atoms with Gasteiger partial charge < -0.3 is 14.8 Å². The Balaban J connectivity index is 1.34. The summed E-state index contributed by atoms with van der Waals surface area (Å²) in [5, 5.41) is 3.06. The average Bonchev–Trinajstić information content (AvgIpc) is 2.80. The van der Waals surface area contributed by atoms with Crippen LogP contribution in [0.15, 0.2) is 36.4 Å². The highest BCUT2D eigenvalue weighted by Crippen LogP contribution is 2.32. The second-order valence-corrected chi connectivity index (χ2v) is 8.52. The van der Waals surface area contributed by atoms with Gasteiger partial charge in [-0.25, -0.2) is 0 Å². The minimum atomic E-state index is -0.245. The van der Waals surface area contributed by atoms with Crippen molar-refractivity contribution in [3.8, 4) is 11.5 Å². The molecule has 2 aliphatic rings. The van der Waals surface area contributed by atoms with Gasteiger partial charge in [0.15, 0.2) is 17.3 Å². The standard InChI is InChI=1S/C25H30N2O4/c1-16-4-5-17(2)21(14-16)26-25(29)18(3)27-10-8-19(9-11-27)24(28)20-6-7-22-23(15-20)31-13-12-30-22/h4-7,14-15,18-19H,8-13H2,1-3H3,(H,26,29). The van der Waals surface area contributed by atoms with Gasteiger partial charge in [-0.15, -0.1) is 0 Å². The molecule has 0 radical (unpaired) electrons. The van der Waals surface area contributed by atoms with E-state index in [-0.39, 0.29) is 23.7 Å². The van der Waals surface area contributed by atoms with E-state index in [1.165, 1.54) is 0 Å². The van der Waals surface area contributed by atoms with Crippen molar-refractivity contribution >= 4 is 17.4 Å². The average molecular weight is 423 g/mol. The molecule has 2 aromatic carbocycles. The summed E-state index contributed by atoms with van der Waals surface area (Å²) < 4.78 is 11.2. The summed E-state index contributed by atoms with van der Waals surface area (Å²) >= 11 is 0. The molecule has 1 N–H and O–H groups in total. The van der Waals surface area contributed by atoms with Crippen molar-refractivity contribution < 1.29 is 19.1 Å². The number of likely N-dealkylation sites (tertiary alicyclic amines) is 1. The van der Waals surface area contributed by atoms with Crippen molar-refractivity contribution in [1.29, 1.82) is 0 Å². The number of hydrogen-bond donors (Lipinski definition) is 1. The summed E-state index contributed by atoms with van der Waals surface area (Å²) in [4.78, 5) is 28.0. The van der Waals surface area contributed by atoms with E-state index in [9.17, 15) is 9.59 Å². The fourth-order valence-electron chi connectivity index (χ4n) is 4.25. The Morgan fingerprint density at radius 3 is 2.45 bits per heavy atom. The van der Waals surface area contributed by atoms with E-state index in [2.05, 4.69) is 10.2 Å². The SMILES string of the molecule is Cc1ccc(C)c(NC(=O)C(C)N2CCC(C(=O)c3ccc4c(c3)OCCO4)CC2)c1. The maximum atomic E-state index is 13.0. The number of nitrogens with one attached hydrogen (secondary N) is 1. The number of aryl methyl sites for hydroxylation is 2. The number of ketones is 1. The number of ether oxygens (including phenoxy) is 2. The number of carbonyl (C=O) groups excluding carboxylic acids is 2. The maximum Gasteiger partial charge on any atom is 0.241 e. The first-order valence-electron chi connectivity index (χ1n) is 11.0. The van der Waals surface area contributed by atoms with Crippen LogP contribution in [0.3, 0.4) is 0 Å². The van der Waals surface area contributed by atoms with Crippen molar-refractivity contribution in [2.45, 2.75) is 39.7 Å². The molecule has 0 saturated carbocycles. The molecule has 2 aromatic rings. The van der Waals surface area contributed by atoms with Gasteiger partial charge in [0.1, 0.15) is 13.2 Å². The van der Waals surface area contributed by atoms with Crippen LogP contribution in [-0.4, -0.2) is 48.9 Å². The third kappa shape index (κ3) is 4.74. The molecule has 1 saturated heterocycles. The molecule has 2 aliphatic heterocycles. The first-order valence-corrected chi connectivity index (χ1v) is 11.0. The quantitative estimate of drug-likeness (QED) is 0.738. The third-order valence-electron chi connectivity index (χ3n) is 6.31. The molecule has 1 unspecified atom stereocenters. The lowest BCUT2D eigenvalue weighted by Gasteiger charge is -2.35. The van der Waals surface area contributed by atoms with Gasteiger partial charge in [0.05, 0.1) is 6.04 Å². The van der Waals surface area contributed by atoms with Gasteiger partial charge in [0.25, 0.3) is 0 Å². The highest BCUT2D eigenvalue weighted by Gasteiger charge is 2.31. The fourth-order valence-corrected chi connectivity index (χ4v) is 4.25. The van der Waals surface area contributed by atoms with E-state index in [4.69, 9.17) is 9.47 Å². The molecule has 1 atom stereocenters. The van der Waals surface area contributed by atoms with Crippen molar-refractivity contribution in [2.24, 2.45) is 5.92 Å². The van der Waals surface area contributed by atoms with Gasteiger partial charge in [-0.1, -0.05) is 12.1 Å². The normalized spacial score (nSPS) is 17.8. The summed E-state index contributed by atoms with van der Waals surface area (Å²) in [6.07, 6.45) is 1.49. The Morgan fingerprint density at radius 1 is 1.00 bits per heavy atom. The lowest BCUT2D eigenvalue weighted by Crippen LogP contribution is -2.47. The van der Waals surface area contributed by atoms with Crippen LogP contribution in [0.2, 0.25) is 0 Å². The number of rotatable bonds is 5. The first kappa shape index (κ1) is 21.4. The van der Waals surface area contributed by atoms with Gasteiger partial charge in [-0.2, -0.15) is 0 Å². The zero-order chi connectivity index (χ0) is 22.0. The molecule has 2 heterocycles. The van der Waals surface area contributed by atoms with Crippen LogP contribution >= 0.6 is 0 Å². The van der Waals surface area contributed by atoms with Gasteiger partial charge in [0.2, 0.25) is 5.91 Å². The van der Waals surface area contributed by atoms with E-state index in [1.54, 1.807) is 6.07 Å². The Kier molecular flexibility index (Phi) is 6.28. The van der Waals surface area contributed by atoms with E-state index in [0.717, 1.165) is 42.7 Å². The second kappa shape index (κ2) is 9.10. The number of anilines is 1. The molecule has 31 heavy (non-hydrogen) atoms. The number of nitrogens with zero attached hydrogens (tertiary/aromatic N) is 1. The Bertz CT molecular complexity index is 979. The van der Waals surface area contributed by atoms with Crippen LogP contribution in [0, 0.1) is 19.8 Å². The highest BCUT2D eigenvalue weighted by molar-refractivity contribution is 5.98. The van der Waals surface area contributed by atoms with Crippen LogP contribution in [0.5, 0.6) is 11.5 Å². The van der Waals surface area contributed by atoms with Crippen LogP contribution in [0.25, 0.3) is 0 Å². The van der Waals surface area contributed by atoms with Crippen molar-refractivity contribution in [3.63, 3.8) is 0 Å². The molecule has 0 bridgehead atoms. The molecule has 1 fully saturated rings. The number of benzene rings is 2. The highest BCUT2D eigenvalue weighted by atomic mass is 16.6. The molecule has 4 rings (SSSR count). The maximum absolute atomic E-state index is 13.0. The van der Waals surface area contributed by atoms with Gasteiger partial charge >= 0.3 is 0 Å². The molecule has 6 nitrogen and oxygen atoms in total. The monoisotopic (exact) mass is 422 g/mol. The number of hydrogen-bond acceptors (Lipinski definition) is 5. The summed E-state index contributed by atoms with van der Waals surface area (Å²) in [6.45, 7) is 8.43. The number of amides is 1. The summed E-state index contributed by atoms with van der Waals surface area (Å²) in [5.41, 5.74) is 3.70. The predicted octanol–water partition coefficient (Wildman–Crippen LogP) is 4.00. The molecule has 0 aromatic heterocycles. The van der Waals surface area contributed by atoms with Gasteiger partial charge in [-0.3, -0.25) is 14.5 Å². The molecule has 0 spiro atoms. The minimum absolute atomic E-state index is 0.00897. The number of Topliss-reactive ketones (excluding diaryl/α,β-unsaturated/α-hetero) is 1. The van der Waals surface area contributed by atoms with Crippen LogP contribution < -0.4 is 14.8 Å². The van der Waals surface area contributed by atoms with Crippen molar-refractivity contribution in [1.82, 2.24) is 4.90 Å². The Hall–Kier alpha value is -2.86. The predicted molar refractivity (Wildman–Crippen MR) is 120 cm³/mol. The zero-order valence-electron chi connectivity index (χ0n) is 18.4. The molecular formula is C25H30N2O4. The van der Waals surface area contributed by atoms with Crippen LogP contribution in [-0.2, 0) is 4.79 Å². The van der Waals surface area contributed by atoms with Crippen LogP contribution in [0.1, 0.15) is 41.3 Å². The number of carbonyl (C=O) groups is 2. The first-order chi connectivity index (χ1) is 14.9. The number of piperidine rings is 1. The minimum Gasteiger partial charge on any atom is -0.486 e. The summed E-state index contributed by atoms with van der Waals surface area (Å²) in [5.74, 6) is 1.44. The molecule has 6 heteroatoms. The lowest BCUT2D eigenvalue weighted by molar-refractivity contribution is -0.121. The number of fused-ring (bicyclic) bond motifs is 1. The molecular weight excluding hydrogens is 392 g/mol.